The summed E-state index contributed by atoms with van der Waals surface area (Å²) in [6.45, 7) is 1.89. The molecule has 4 heteroatoms. The van der Waals surface area contributed by atoms with Gasteiger partial charge in [-0.25, -0.2) is 0 Å². The number of H-pyrrole nitrogens is 2. The maximum Gasteiger partial charge on any atom is 0.264 e. The van der Waals surface area contributed by atoms with E-state index in [-0.39, 0.29) is 11.6 Å². The van der Waals surface area contributed by atoms with E-state index in [4.69, 9.17) is 5.73 Å². The minimum atomic E-state index is -0.101. The van der Waals surface area contributed by atoms with E-state index in [1.165, 1.54) is 6.07 Å². The molecular formula is C6H11N3O. The van der Waals surface area contributed by atoms with Crippen LogP contribution in [0.1, 0.15) is 12.6 Å². The maximum atomic E-state index is 10.5. The number of nitrogens with two attached hydrogens (primary N) is 1. The minimum absolute atomic E-state index is 0.0893. The Hall–Kier alpha value is -1.03. The highest BCUT2D eigenvalue weighted by Crippen LogP contribution is 1.91. The molecule has 10 heavy (non-hydrogen) atoms. The average molecular weight is 141 g/mol. The number of nitrogens with one attached hydrogen (secondary N) is 2. The topological polar surface area (TPSA) is 74.7 Å². The van der Waals surface area contributed by atoms with E-state index in [0.717, 1.165) is 5.69 Å². The zero-order chi connectivity index (χ0) is 7.56. The Morgan fingerprint density at radius 3 is 2.80 bits per heavy atom. The summed E-state index contributed by atoms with van der Waals surface area (Å²) in [5, 5.41) is 5.16. The van der Waals surface area contributed by atoms with E-state index in [1.807, 2.05) is 6.92 Å². The van der Waals surface area contributed by atoms with Gasteiger partial charge >= 0.3 is 0 Å². The van der Waals surface area contributed by atoms with Crippen LogP contribution in [0.5, 0.6) is 0 Å². The molecule has 0 fully saturated rings. The van der Waals surface area contributed by atoms with Gasteiger partial charge in [-0.05, 0) is 6.92 Å². The molecule has 1 heterocycles. The Morgan fingerprint density at radius 1 is 1.70 bits per heavy atom. The Morgan fingerprint density at radius 2 is 2.40 bits per heavy atom. The fraction of sp³-hybridized carbons (Fsp3) is 0.500. The van der Waals surface area contributed by atoms with Crippen molar-refractivity contribution in [3.05, 3.63) is 22.1 Å². The summed E-state index contributed by atoms with van der Waals surface area (Å²) in [6.07, 6.45) is 0.707. The van der Waals surface area contributed by atoms with Crippen molar-refractivity contribution in [1.29, 1.82) is 0 Å². The Kier molecular flexibility index (Phi) is 1.91. The van der Waals surface area contributed by atoms with E-state index in [9.17, 15) is 4.79 Å². The summed E-state index contributed by atoms with van der Waals surface area (Å²) in [6, 6.07) is 1.61. The van der Waals surface area contributed by atoms with E-state index >= 15 is 0 Å². The second kappa shape index (κ2) is 2.70. The monoisotopic (exact) mass is 141 g/mol. The van der Waals surface area contributed by atoms with Crippen molar-refractivity contribution < 1.29 is 0 Å². The van der Waals surface area contributed by atoms with Gasteiger partial charge in [-0.15, -0.1) is 0 Å². The molecule has 0 aliphatic rings. The molecule has 1 rings (SSSR count). The van der Waals surface area contributed by atoms with Crippen LogP contribution in [0.25, 0.3) is 0 Å². The molecule has 4 N–H and O–H groups in total. The smallest absolute Gasteiger partial charge is 0.264 e. The Labute approximate surface area is 58.4 Å². The molecule has 0 aliphatic carbocycles. The summed E-state index contributed by atoms with van der Waals surface area (Å²) in [5.74, 6) is 0. The number of hydrogen-bond acceptors (Lipinski definition) is 2. The van der Waals surface area contributed by atoms with Crippen LogP contribution in [-0.2, 0) is 6.42 Å². The van der Waals surface area contributed by atoms with Crippen molar-refractivity contribution in [2.75, 3.05) is 0 Å². The molecular weight excluding hydrogens is 130 g/mol. The molecule has 0 saturated heterocycles. The van der Waals surface area contributed by atoms with Crippen LogP contribution in [0.2, 0.25) is 0 Å². The minimum Gasteiger partial charge on any atom is -0.328 e. The molecule has 1 atom stereocenters. The first-order chi connectivity index (χ1) is 4.68. The Balaban J connectivity index is 2.67. The van der Waals surface area contributed by atoms with Gasteiger partial charge in [0.1, 0.15) is 0 Å². The second-order valence-corrected chi connectivity index (χ2v) is 2.47. The first-order valence-corrected chi connectivity index (χ1v) is 3.20. The number of hydrogen-bond donors (Lipinski definition) is 3. The molecule has 56 valence electrons. The van der Waals surface area contributed by atoms with Gasteiger partial charge in [0.05, 0.1) is 0 Å². The summed E-state index contributed by atoms with van der Waals surface area (Å²) in [5.41, 5.74) is 6.26. The predicted octanol–water partition coefficient (Wildman–Crippen LogP) is -0.407. The fourth-order valence-electron chi connectivity index (χ4n) is 0.829. The van der Waals surface area contributed by atoms with Crippen molar-refractivity contribution in [2.45, 2.75) is 19.4 Å². The van der Waals surface area contributed by atoms with Gasteiger partial charge < -0.3 is 10.8 Å². The third-order valence-corrected chi connectivity index (χ3v) is 1.19. The highest BCUT2D eigenvalue weighted by atomic mass is 16.1. The Bertz CT molecular complexity index is 247. The van der Waals surface area contributed by atoms with Gasteiger partial charge in [0.15, 0.2) is 0 Å². The summed E-state index contributed by atoms with van der Waals surface area (Å²) < 4.78 is 0. The highest BCUT2D eigenvalue weighted by molar-refractivity contribution is 4.99. The predicted molar refractivity (Wildman–Crippen MR) is 38.8 cm³/mol. The van der Waals surface area contributed by atoms with Gasteiger partial charge in [0, 0.05) is 24.2 Å². The second-order valence-electron chi connectivity index (χ2n) is 2.47. The van der Waals surface area contributed by atoms with Crippen molar-refractivity contribution in [3.63, 3.8) is 0 Å². The van der Waals surface area contributed by atoms with Crippen LogP contribution >= 0.6 is 0 Å². The molecule has 1 aromatic heterocycles. The molecule has 0 aromatic carbocycles. The van der Waals surface area contributed by atoms with Gasteiger partial charge in [-0.1, -0.05) is 0 Å². The third kappa shape index (κ3) is 1.73. The molecule has 1 unspecified atom stereocenters. The number of aromatic nitrogens is 2. The van der Waals surface area contributed by atoms with Crippen LogP contribution in [0.15, 0.2) is 10.9 Å². The molecule has 0 spiro atoms. The lowest BCUT2D eigenvalue weighted by molar-refractivity contribution is 0.719. The van der Waals surface area contributed by atoms with Gasteiger partial charge in [-0.3, -0.25) is 9.89 Å². The standard InChI is InChI=1S/C6H11N3O/c1-4(7)2-5-3-6(10)9-8-5/h3-4H,2,7H2,1H3,(H2,8,9,10). The average Bonchev–Trinajstić information content (AvgIpc) is 2.13. The summed E-state index contributed by atoms with van der Waals surface area (Å²) >= 11 is 0. The maximum absolute atomic E-state index is 10.5. The molecule has 4 nitrogen and oxygen atoms in total. The highest BCUT2D eigenvalue weighted by Gasteiger charge is 1.98. The van der Waals surface area contributed by atoms with Gasteiger partial charge in [0.25, 0.3) is 5.56 Å². The molecule has 0 bridgehead atoms. The fourth-order valence-corrected chi connectivity index (χ4v) is 0.829. The molecule has 0 aliphatic heterocycles. The zero-order valence-electron chi connectivity index (χ0n) is 5.85. The zero-order valence-corrected chi connectivity index (χ0v) is 5.85. The van der Waals surface area contributed by atoms with Crippen LogP contribution in [0.3, 0.4) is 0 Å². The SMILES string of the molecule is CC(N)Cc1cc(=O)[nH][nH]1. The molecule has 0 saturated carbocycles. The van der Waals surface area contributed by atoms with E-state index in [1.54, 1.807) is 0 Å². The first kappa shape index (κ1) is 7.08. The lowest BCUT2D eigenvalue weighted by atomic mass is 10.2. The van der Waals surface area contributed by atoms with Crippen LogP contribution in [-0.4, -0.2) is 16.2 Å². The van der Waals surface area contributed by atoms with Crippen LogP contribution < -0.4 is 11.3 Å². The van der Waals surface area contributed by atoms with Gasteiger partial charge in [-0.2, -0.15) is 0 Å². The number of aromatic amines is 2. The summed E-state index contributed by atoms with van der Waals surface area (Å²) in [4.78, 5) is 10.5. The number of rotatable bonds is 2. The van der Waals surface area contributed by atoms with Gasteiger partial charge in [0.2, 0.25) is 0 Å². The lowest BCUT2D eigenvalue weighted by Gasteiger charge is -1.99. The lowest BCUT2D eigenvalue weighted by Crippen LogP contribution is -2.17. The van der Waals surface area contributed by atoms with E-state index in [0.29, 0.717) is 6.42 Å². The van der Waals surface area contributed by atoms with Crippen LogP contribution in [0.4, 0.5) is 0 Å². The van der Waals surface area contributed by atoms with Crippen molar-refractivity contribution in [1.82, 2.24) is 10.2 Å². The quantitative estimate of drug-likeness (QED) is 0.524. The largest absolute Gasteiger partial charge is 0.328 e. The molecule has 0 amide bonds. The van der Waals surface area contributed by atoms with Crippen molar-refractivity contribution in [3.8, 4) is 0 Å². The molecule has 0 radical (unpaired) electrons. The van der Waals surface area contributed by atoms with E-state index in [2.05, 4.69) is 10.2 Å². The summed E-state index contributed by atoms with van der Waals surface area (Å²) in [7, 11) is 0. The first-order valence-electron chi connectivity index (χ1n) is 3.20. The third-order valence-electron chi connectivity index (χ3n) is 1.19. The van der Waals surface area contributed by atoms with Crippen LogP contribution in [0, 0.1) is 0 Å². The van der Waals surface area contributed by atoms with Crippen molar-refractivity contribution >= 4 is 0 Å². The normalized spacial score (nSPS) is 13.4. The van der Waals surface area contributed by atoms with E-state index < -0.39 is 0 Å². The van der Waals surface area contributed by atoms with Crippen molar-refractivity contribution in [2.24, 2.45) is 5.73 Å². The molecule has 1 aromatic rings.